The van der Waals surface area contributed by atoms with E-state index in [4.69, 9.17) is 5.73 Å². The van der Waals surface area contributed by atoms with E-state index in [1.807, 2.05) is 4.90 Å². The van der Waals surface area contributed by atoms with Gasteiger partial charge < -0.3 is 15.7 Å². The van der Waals surface area contributed by atoms with E-state index in [9.17, 15) is 9.90 Å². The van der Waals surface area contributed by atoms with Gasteiger partial charge in [0, 0.05) is 25.6 Å². The Morgan fingerprint density at radius 3 is 2.87 bits per heavy atom. The number of carbonyl (C=O) groups is 1. The molecular formula is C11H20N2O2. The first-order valence-corrected chi connectivity index (χ1v) is 5.86. The zero-order chi connectivity index (χ0) is 10.8. The van der Waals surface area contributed by atoms with E-state index < -0.39 is 0 Å². The molecule has 1 aliphatic heterocycles. The van der Waals surface area contributed by atoms with Crippen molar-refractivity contribution in [1.29, 1.82) is 0 Å². The molecule has 0 radical (unpaired) electrons. The molecule has 86 valence electrons. The molecule has 0 aromatic heterocycles. The van der Waals surface area contributed by atoms with Crippen molar-refractivity contribution in [3.05, 3.63) is 0 Å². The highest BCUT2D eigenvalue weighted by atomic mass is 16.3. The normalized spacial score (nSPS) is 37.3. The number of likely N-dealkylation sites (tertiary alicyclic amines) is 1. The van der Waals surface area contributed by atoms with Gasteiger partial charge in [0.15, 0.2) is 0 Å². The van der Waals surface area contributed by atoms with Gasteiger partial charge in [0.25, 0.3) is 0 Å². The van der Waals surface area contributed by atoms with Crippen molar-refractivity contribution in [2.75, 3.05) is 13.1 Å². The quantitative estimate of drug-likeness (QED) is 0.682. The van der Waals surface area contributed by atoms with Gasteiger partial charge in [-0.05, 0) is 25.2 Å². The van der Waals surface area contributed by atoms with E-state index in [-0.39, 0.29) is 18.1 Å². The molecule has 0 bridgehead atoms. The average molecular weight is 212 g/mol. The molecule has 1 aliphatic carbocycles. The molecule has 3 N–H and O–H groups in total. The number of aliphatic hydroxyl groups excluding tert-OH is 1. The molecule has 0 spiro atoms. The Labute approximate surface area is 90.4 Å². The van der Waals surface area contributed by atoms with Crippen LogP contribution in [0, 0.1) is 5.92 Å². The van der Waals surface area contributed by atoms with Crippen LogP contribution in [0.2, 0.25) is 0 Å². The van der Waals surface area contributed by atoms with E-state index >= 15 is 0 Å². The van der Waals surface area contributed by atoms with Crippen LogP contribution >= 0.6 is 0 Å². The number of amides is 1. The van der Waals surface area contributed by atoms with Gasteiger partial charge in [-0.15, -0.1) is 0 Å². The van der Waals surface area contributed by atoms with Crippen LogP contribution in [-0.2, 0) is 4.79 Å². The molecule has 15 heavy (non-hydrogen) atoms. The third-order valence-electron chi connectivity index (χ3n) is 3.48. The zero-order valence-corrected chi connectivity index (χ0v) is 9.06. The highest BCUT2D eigenvalue weighted by Gasteiger charge is 2.30. The molecule has 0 aromatic rings. The number of hydrogen-bond donors (Lipinski definition) is 2. The second kappa shape index (κ2) is 4.49. The van der Waals surface area contributed by atoms with E-state index in [1.165, 1.54) is 0 Å². The summed E-state index contributed by atoms with van der Waals surface area (Å²) in [7, 11) is 0. The highest BCUT2D eigenvalue weighted by Crippen LogP contribution is 2.26. The SMILES string of the molecule is NC1CC(=O)N(CC2CCCC(O)C2)C1. The monoisotopic (exact) mass is 212 g/mol. The maximum Gasteiger partial charge on any atom is 0.224 e. The smallest absolute Gasteiger partial charge is 0.224 e. The second-order valence-corrected chi connectivity index (χ2v) is 4.95. The van der Waals surface area contributed by atoms with E-state index in [1.54, 1.807) is 0 Å². The summed E-state index contributed by atoms with van der Waals surface area (Å²) in [4.78, 5) is 13.4. The lowest BCUT2D eigenvalue weighted by Crippen LogP contribution is -2.35. The molecule has 3 unspecified atom stereocenters. The van der Waals surface area contributed by atoms with Gasteiger partial charge in [0.2, 0.25) is 5.91 Å². The third kappa shape index (κ3) is 2.69. The fourth-order valence-corrected chi connectivity index (χ4v) is 2.72. The lowest BCUT2D eigenvalue weighted by atomic mass is 9.87. The van der Waals surface area contributed by atoms with Gasteiger partial charge in [0.05, 0.1) is 6.10 Å². The number of nitrogens with two attached hydrogens (primary N) is 1. The Morgan fingerprint density at radius 2 is 2.27 bits per heavy atom. The summed E-state index contributed by atoms with van der Waals surface area (Å²) in [5.41, 5.74) is 5.74. The summed E-state index contributed by atoms with van der Waals surface area (Å²) < 4.78 is 0. The van der Waals surface area contributed by atoms with Crippen molar-refractivity contribution >= 4 is 5.91 Å². The Bertz CT molecular complexity index is 245. The van der Waals surface area contributed by atoms with Gasteiger partial charge >= 0.3 is 0 Å². The maximum atomic E-state index is 11.5. The van der Waals surface area contributed by atoms with Crippen molar-refractivity contribution in [1.82, 2.24) is 4.90 Å². The third-order valence-corrected chi connectivity index (χ3v) is 3.48. The average Bonchev–Trinajstić information content (AvgIpc) is 2.45. The van der Waals surface area contributed by atoms with Crippen molar-refractivity contribution in [3.8, 4) is 0 Å². The summed E-state index contributed by atoms with van der Waals surface area (Å²) in [5, 5.41) is 9.54. The van der Waals surface area contributed by atoms with Crippen LogP contribution in [0.5, 0.6) is 0 Å². The number of rotatable bonds is 2. The molecule has 0 aromatic carbocycles. The Morgan fingerprint density at radius 1 is 1.47 bits per heavy atom. The number of hydrogen-bond acceptors (Lipinski definition) is 3. The van der Waals surface area contributed by atoms with Crippen LogP contribution in [0.4, 0.5) is 0 Å². The van der Waals surface area contributed by atoms with Crippen LogP contribution in [0.25, 0.3) is 0 Å². The predicted molar refractivity (Wildman–Crippen MR) is 57.1 cm³/mol. The predicted octanol–water partition coefficient (Wildman–Crippen LogP) is 0.0971. The Kier molecular flexibility index (Phi) is 3.26. The Balaban J connectivity index is 1.83. The minimum Gasteiger partial charge on any atom is -0.393 e. The maximum absolute atomic E-state index is 11.5. The topological polar surface area (TPSA) is 66.6 Å². The van der Waals surface area contributed by atoms with Gasteiger partial charge in [-0.2, -0.15) is 0 Å². The molecule has 2 fully saturated rings. The summed E-state index contributed by atoms with van der Waals surface area (Å²) in [6.07, 6.45) is 4.32. The Hall–Kier alpha value is -0.610. The van der Waals surface area contributed by atoms with Crippen molar-refractivity contribution in [2.45, 2.75) is 44.2 Å². The van der Waals surface area contributed by atoms with Crippen molar-refractivity contribution in [3.63, 3.8) is 0 Å². The summed E-state index contributed by atoms with van der Waals surface area (Å²) in [6.45, 7) is 1.50. The first kappa shape index (κ1) is 10.9. The number of nitrogens with zero attached hydrogens (tertiary/aromatic N) is 1. The molecule has 3 atom stereocenters. The fraction of sp³-hybridized carbons (Fsp3) is 0.909. The summed E-state index contributed by atoms with van der Waals surface area (Å²) in [6, 6.07) is 0.0195. The molecule has 4 nitrogen and oxygen atoms in total. The standard InChI is InChI=1S/C11H20N2O2/c12-9-5-11(15)13(7-9)6-8-2-1-3-10(14)4-8/h8-10,14H,1-7,12H2. The van der Waals surface area contributed by atoms with E-state index in [0.29, 0.717) is 18.9 Å². The second-order valence-electron chi connectivity index (χ2n) is 4.95. The van der Waals surface area contributed by atoms with Gasteiger partial charge in [0.1, 0.15) is 0 Å². The molecular weight excluding hydrogens is 192 g/mol. The first-order chi connectivity index (χ1) is 7.15. The van der Waals surface area contributed by atoms with Gasteiger partial charge in [-0.1, -0.05) is 6.42 Å². The minimum atomic E-state index is -0.157. The molecule has 2 rings (SSSR count). The van der Waals surface area contributed by atoms with Crippen LogP contribution in [0.15, 0.2) is 0 Å². The van der Waals surface area contributed by atoms with Crippen LogP contribution in [-0.4, -0.2) is 41.1 Å². The summed E-state index contributed by atoms with van der Waals surface area (Å²) in [5.74, 6) is 0.658. The van der Waals surface area contributed by atoms with Crippen LogP contribution < -0.4 is 5.73 Å². The summed E-state index contributed by atoms with van der Waals surface area (Å²) >= 11 is 0. The van der Waals surface area contributed by atoms with Crippen molar-refractivity contribution < 1.29 is 9.90 Å². The zero-order valence-electron chi connectivity index (χ0n) is 9.06. The fourth-order valence-electron chi connectivity index (χ4n) is 2.72. The largest absolute Gasteiger partial charge is 0.393 e. The van der Waals surface area contributed by atoms with Crippen molar-refractivity contribution in [2.24, 2.45) is 11.7 Å². The molecule has 1 saturated heterocycles. The van der Waals surface area contributed by atoms with Crippen LogP contribution in [0.3, 0.4) is 0 Å². The van der Waals surface area contributed by atoms with Gasteiger partial charge in [-0.3, -0.25) is 4.79 Å². The molecule has 1 saturated carbocycles. The highest BCUT2D eigenvalue weighted by molar-refractivity contribution is 5.79. The molecule has 1 amide bonds. The number of aliphatic hydroxyl groups is 1. The number of carbonyl (C=O) groups excluding carboxylic acids is 1. The lowest BCUT2D eigenvalue weighted by Gasteiger charge is -2.29. The van der Waals surface area contributed by atoms with E-state index in [0.717, 1.165) is 32.2 Å². The minimum absolute atomic E-state index is 0.0195. The van der Waals surface area contributed by atoms with Gasteiger partial charge in [-0.25, -0.2) is 0 Å². The lowest BCUT2D eigenvalue weighted by molar-refractivity contribution is -0.128. The van der Waals surface area contributed by atoms with E-state index in [2.05, 4.69) is 0 Å². The van der Waals surface area contributed by atoms with Crippen LogP contribution in [0.1, 0.15) is 32.1 Å². The molecule has 2 aliphatic rings. The first-order valence-electron chi connectivity index (χ1n) is 5.86. The molecule has 1 heterocycles. The molecule has 4 heteroatoms.